The molecule has 1 aromatic heterocycles. The molecule has 1 aliphatic rings. The summed E-state index contributed by atoms with van der Waals surface area (Å²) in [7, 11) is 1.77. The van der Waals surface area contributed by atoms with Crippen LogP contribution >= 0.6 is 0 Å². The molecule has 26 heavy (non-hydrogen) atoms. The van der Waals surface area contributed by atoms with Gasteiger partial charge in [0.1, 0.15) is 5.60 Å². The fraction of sp³-hybridized carbons (Fsp3) is 0.421. The van der Waals surface area contributed by atoms with Gasteiger partial charge < -0.3 is 20.1 Å². The van der Waals surface area contributed by atoms with Crippen LogP contribution in [-0.4, -0.2) is 64.8 Å². The molecule has 1 fully saturated rings. The number of aromatic nitrogens is 2. The highest BCUT2D eigenvalue weighted by molar-refractivity contribution is 5.90. The van der Waals surface area contributed by atoms with Gasteiger partial charge in [-0.2, -0.15) is 0 Å². The highest BCUT2D eigenvalue weighted by atomic mass is 16.5. The maximum absolute atomic E-state index is 12.7. The second-order valence-corrected chi connectivity index (χ2v) is 6.62. The number of aryl methyl sites for hydroxylation is 1. The van der Waals surface area contributed by atoms with E-state index in [9.17, 15) is 9.90 Å². The van der Waals surface area contributed by atoms with Crippen LogP contribution in [0, 0.1) is 6.92 Å². The number of ether oxygens (including phenoxy) is 1. The van der Waals surface area contributed by atoms with Crippen molar-refractivity contribution in [2.24, 2.45) is 0 Å². The van der Waals surface area contributed by atoms with Gasteiger partial charge in [0.25, 0.3) is 5.91 Å². The number of carbonyl (C=O) groups is 1. The Kier molecular flexibility index (Phi) is 5.49. The molecular formula is C19H24N4O3. The van der Waals surface area contributed by atoms with E-state index >= 15 is 0 Å². The van der Waals surface area contributed by atoms with E-state index in [4.69, 9.17) is 4.74 Å². The number of carbonyl (C=O) groups excluding carboxylic acids is 1. The Balaban J connectivity index is 1.75. The molecule has 1 amide bonds. The second-order valence-electron chi connectivity index (χ2n) is 6.62. The SMILES string of the molecule is CNc1cnc(C(=O)N2CCO[C@@](CO)(Cc3ccc(C)cc3)C2)nc1. The van der Waals surface area contributed by atoms with Gasteiger partial charge in [-0.1, -0.05) is 29.8 Å². The van der Waals surface area contributed by atoms with E-state index in [0.717, 1.165) is 11.3 Å². The Bertz CT molecular complexity index is 748. The third-order valence-corrected chi connectivity index (χ3v) is 4.60. The molecule has 1 atom stereocenters. The van der Waals surface area contributed by atoms with Crippen LogP contribution in [-0.2, 0) is 11.2 Å². The average Bonchev–Trinajstić information content (AvgIpc) is 2.69. The summed E-state index contributed by atoms with van der Waals surface area (Å²) in [6.45, 7) is 2.98. The summed E-state index contributed by atoms with van der Waals surface area (Å²) < 4.78 is 5.91. The zero-order chi connectivity index (χ0) is 18.6. The normalized spacial score (nSPS) is 20.0. The van der Waals surface area contributed by atoms with Gasteiger partial charge in [-0.25, -0.2) is 9.97 Å². The molecule has 0 unspecified atom stereocenters. The van der Waals surface area contributed by atoms with E-state index in [2.05, 4.69) is 15.3 Å². The minimum Gasteiger partial charge on any atom is -0.393 e. The smallest absolute Gasteiger partial charge is 0.291 e. The van der Waals surface area contributed by atoms with Gasteiger partial charge in [-0.05, 0) is 12.5 Å². The van der Waals surface area contributed by atoms with Crippen LogP contribution in [0.3, 0.4) is 0 Å². The lowest BCUT2D eigenvalue weighted by Gasteiger charge is -2.41. The number of benzene rings is 1. The van der Waals surface area contributed by atoms with E-state index < -0.39 is 5.60 Å². The fourth-order valence-electron chi connectivity index (χ4n) is 3.06. The molecule has 1 aromatic carbocycles. The number of anilines is 1. The molecule has 138 valence electrons. The van der Waals surface area contributed by atoms with E-state index in [0.29, 0.717) is 26.1 Å². The number of aliphatic hydroxyl groups excluding tert-OH is 1. The van der Waals surface area contributed by atoms with Crippen molar-refractivity contribution in [1.29, 1.82) is 0 Å². The first-order chi connectivity index (χ1) is 12.5. The van der Waals surface area contributed by atoms with Crippen LogP contribution in [0.5, 0.6) is 0 Å². The van der Waals surface area contributed by atoms with Crippen molar-refractivity contribution < 1.29 is 14.6 Å². The van der Waals surface area contributed by atoms with Crippen LogP contribution in [0.1, 0.15) is 21.7 Å². The highest BCUT2D eigenvalue weighted by Gasteiger charge is 2.39. The summed E-state index contributed by atoms with van der Waals surface area (Å²) in [6, 6.07) is 8.11. The van der Waals surface area contributed by atoms with E-state index in [-0.39, 0.29) is 18.3 Å². The summed E-state index contributed by atoms with van der Waals surface area (Å²) in [5.74, 6) is -0.106. The molecule has 7 heteroatoms. The molecule has 1 saturated heterocycles. The fourth-order valence-corrected chi connectivity index (χ4v) is 3.06. The van der Waals surface area contributed by atoms with Crippen LogP contribution in [0.2, 0.25) is 0 Å². The Morgan fingerprint density at radius 1 is 1.31 bits per heavy atom. The number of aliphatic hydroxyl groups is 1. The molecule has 3 rings (SSSR count). The van der Waals surface area contributed by atoms with Crippen molar-refractivity contribution >= 4 is 11.6 Å². The van der Waals surface area contributed by atoms with Gasteiger partial charge in [-0.15, -0.1) is 0 Å². The number of rotatable bonds is 5. The molecule has 2 heterocycles. The number of nitrogens with zero attached hydrogens (tertiary/aromatic N) is 3. The van der Waals surface area contributed by atoms with E-state index in [1.807, 2.05) is 31.2 Å². The van der Waals surface area contributed by atoms with E-state index in [1.54, 1.807) is 24.3 Å². The first-order valence-corrected chi connectivity index (χ1v) is 8.65. The molecule has 2 N–H and O–H groups in total. The van der Waals surface area contributed by atoms with Crippen LogP contribution in [0.15, 0.2) is 36.7 Å². The lowest BCUT2D eigenvalue weighted by Crippen LogP contribution is -2.57. The van der Waals surface area contributed by atoms with Gasteiger partial charge in [0.05, 0.1) is 37.8 Å². The Labute approximate surface area is 153 Å². The minimum atomic E-state index is -0.811. The molecule has 7 nitrogen and oxygen atoms in total. The standard InChI is InChI=1S/C19H24N4O3/c1-14-3-5-15(6-4-14)9-19(13-24)12-23(7-8-26-19)18(25)17-21-10-16(20-2)11-22-17/h3-6,10-11,20,24H,7-9,12-13H2,1-2H3/t19-/m0/s1. The third-order valence-electron chi connectivity index (χ3n) is 4.60. The lowest BCUT2D eigenvalue weighted by atomic mass is 9.92. The predicted octanol–water partition coefficient (Wildman–Crippen LogP) is 1.27. The first-order valence-electron chi connectivity index (χ1n) is 8.65. The Morgan fingerprint density at radius 3 is 2.62 bits per heavy atom. The van der Waals surface area contributed by atoms with Crippen LogP contribution in [0.4, 0.5) is 5.69 Å². The molecule has 2 aromatic rings. The molecular weight excluding hydrogens is 332 g/mol. The average molecular weight is 356 g/mol. The molecule has 1 aliphatic heterocycles. The lowest BCUT2D eigenvalue weighted by molar-refractivity contribution is -0.123. The van der Waals surface area contributed by atoms with E-state index in [1.165, 1.54) is 5.56 Å². The van der Waals surface area contributed by atoms with Gasteiger partial charge in [0, 0.05) is 20.0 Å². The zero-order valence-electron chi connectivity index (χ0n) is 15.1. The summed E-state index contributed by atoms with van der Waals surface area (Å²) in [5.41, 5.74) is 2.17. The summed E-state index contributed by atoms with van der Waals surface area (Å²) >= 11 is 0. The maximum Gasteiger partial charge on any atom is 0.291 e. The van der Waals surface area contributed by atoms with Crippen molar-refractivity contribution in [2.75, 3.05) is 38.7 Å². The number of hydrogen-bond donors (Lipinski definition) is 2. The van der Waals surface area contributed by atoms with Crippen molar-refractivity contribution in [1.82, 2.24) is 14.9 Å². The molecule has 0 bridgehead atoms. The van der Waals surface area contributed by atoms with Crippen molar-refractivity contribution in [3.63, 3.8) is 0 Å². The van der Waals surface area contributed by atoms with Crippen molar-refractivity contribution in [3.8, 4) is 0 Å². The topological polar surface area (TPSA) is 87.6 Å². The number of morpholine rings is 1. The monoisotopic (exact) mass is 356 g/mol. The minimum absolute atomic E-state index is 0.146. The Morgan fingerprint density at radius 2 is 2.00 bits per heavy atom. The predicted molar refractivity (Wildman–Crippen MR) is 98.1 cm³/mol. The van der Waals surface area contributed by atoms with Crippen LogP contribution < -0.4 is 5.32 Å². The third kappa shape index (κ3) is 4.00. The molecule has 0 saturated carbocycles. The second kappa shape index (κ2) is 7.80. The Hall–Kier alpha value is -2.51. The number of hydrogen-bond acceptors (Lipinski definition) is 6. The number of nitrogens with one attached hydrogen (secondary N) is 1. The van der Waals surface area contributed by atoms with Crippen molar-refractivity contribution in [3.05, 3.63) is 53.6 Å². The van der Waals surface area contributed by atoms with Gasteiger partial charge in [-0.3, -0.25) is 4.79 Å². The molecule has 0 aliphatic carbocycles. The first kappa shape index (κ1) is 18.3. The molecule has 0 radical (unpaired) electrons. The summed E-state index contributed by atoms with van der Waals surface area (Å²) in [6.07, 6.45) is 3.69. The molecule has 0 spiro atoms. The van der Waals surface area contributed by atoms with Gasteiger partial charge in [0.15, 0.2) is 0 Å². The quantitative estimate of drug-likeness (QED) is 0.839. The largest absolute Gasteiger partial charge is 0.393 e. The van der Waals surface area contributed by atoms with Gasteiger partial charge in [0.2, 0.25) is 5.82 Å². The summed E-state index contributed by atoms with van der Waals surface area (Å²) in [4.78, 5) is 22.6. The zero-order valence-corrected chi connectivity index (χ0v) is 15.1. The highest BCUT2D eigenvalue weighted by Crippen LogP contribution is 2.24. The maximum atomic E-state index is 12.7. The van der Waals surface area contributed by atoms with Crippen molar-refractivity contribution in [2.45, 2.75) is 18.9 Å². The van der Waals surface area contributed by atoms with Crippen LogP contribution in [0.25, 0.3) is 0 Å². The summed E-state index contributed by atoms with van der Waals surface area (Å²) in [5, 5.41) is 12.9. The number of amides is 1. The van der Waals surface area contributed by atoms with Gasteiger partial charge >= 0.3 is 0 Å².